The van der Waals surface area contributed by atoms with Crippen molar-refractivity contribution in [3.63, 3.8) is 0 Å². The van der Waals surface area contributed by atoms with Gasteiger partial charge >= 0.3 is 0 Å². The zero-order chi connectivity index (χ0) is 10.6. The molecule has 0 N–H and O–H groups in total. The molecule has 1 fully saturated rings. The van der Waals surface area contributed by atoms with Crippen LogP contribution in [0.1, 0.15) is 52.9 Å². The Morgan fingerprint density at radius 3 is 2.36 bits per heavy atom. The van der Waals surface area contributed by atoms with Crippen LogP contribution in [0.3, 0.4) is 0 Å². The van der Waals surface area contributed by atoms with E-state index in [4.69, 9.17) is 11.6 Å². The van der Waals surface area contributed by atoms with Gasteiger partial charge in [0.1, 0.15) is 0 Å². The molecule has 0 atom stereocenters. The molecule has 1 aliphatic carbocycles. The third-order valence-corrected chi connectivity index (χ3v) is 3.82. The summed E-state index contributed by atoms with van der Waals surface area (Å²) >= 11 is 5.87. The van der Waals surface area contributed by atoms with Crippen LogP contribution in [0.2, 0.25) is 0 Å². The second kappa shape index (κ2) is 5.21. The van der Waals surface area contributed by atoms with Gasteiger partial charge in [-0.25, -0.2) is 0 Å². The molecule has 1 rings (SSSR count). The topological polar surface area (TPSA) is 0 Å². The van der Waals surface area contributed by atoms with Crippen molar-refractivity contribution in [2.24, 2.45) is 11.3 Å². The van der Waals surface area contributed by atoms with Crippen molar-refractivity contribution in [2.75, 3.05) is 5.88 Å². The summed E-state index contributed by atoms with van der Waals surface area (Å²) in [4.78, 5) is 0. The molecule has 1 aliphatic rings. The fourth-order valence-electron chi connectivity index (χ4n) is 2.18. The van der Waals surface area contributed by atoms with Crippen molar-refractivity contribution in [1.82, 2.24) is 0 Å². The van der Waals surface area contributed by atoms with Gasteiger partial charge < -0.3 is 0 Å². The van der Waals surface area contributed by atoms with E-state index in [1.165, 1.54) is 31.3 Å². The summed E-state index contributed by atoms with van der Waals surface area (Å²) in [5.41, 5.74) is 2.01. The van der Waals surface area contributed by atoms with Crippen molar-refractivity contribution >= 4 is 11.6 Å². The van der Waals surface area contributed by atoms with Crippen LogP contribution >= 0.6 is 11.6 Å². The highest BCUT2D eigenvalue weighted by Crippen LogP contribution is 2.38. The number of allylic oxidation sites excluding steroid dienone is 2. The molecule has 0 unspecified atom stereocenters. The minimum atomic E-state index is 0.581. The normalized spacial score (nSPS) is 23.9. The number of hydrogen-bond acceptors (Lipinski definition) is 0. The van der Waals surface area contributed by atoms with Crippen molar-refractivity contribution < 1.29 is 0 Å². The molecular formula is C13H23Cl. The highest BCUT2D eigenvalue weighted by Gasteiger charge is 2.25. The van der Waals surface area contributed by atoms with Gasteiger partial charge in [0, 0.05) is 5.88 Å². The summed E-state index contributed by atoms with van der Waals surface area (Å²) in [6.45, 7) is 6.96. The molecule has 0 aromatic carbocycles. The maximum absolute atomic E-state index is 5.87. The van der Waals surface area contributed by atoms with Crippen molar-refractivity contribution in [3.05, 3.63) is 11.6 Å². The van der Waals surface area contributed by atoms with E-state index in [9.17, 15) is 0 Å². The predicted molar refractivity (Wildman–Crippen MR) is 64.8 cm³/mol. The lowest BCUT2D eigenvalue weighted by Crippen LogP contribution is -2.20. The Kier molecular flexibility index (Phi) is 4.50. The maximum atomic E-state index is 5.87. The lowest BCUT2D eigenvalue weighted by atomic mass is 9.73. The molecule has 0 aliphatic heterocycles. The number of halogens is 1. The van der Waals surface area contributed by atoms with E-state index in [1.54, 1.807) is 0 Å². The lowest BCUT2D eigenvalue weighted by Gasteiger charge is -2.33. The molecule has 1 saturated carbocycles. The van der Waals surface area contributed by atoms with Crippen LogP contribution in [0.4, 0.5) is 0 Å². The average molecular weight is 215 g/mol. The molecule has 1 heteroatoms. The second-order valence-corrected chi connectivity index (χ2v) is 5.58. The van der Waals surface area contributed by atoms with E-state index < -0.39 is 0 Å². The fourth-order valence-corrected chi connectivity index (χ4v) is 2.46. The zero-order valence-corrected chi connectivity index (χ0v) is 10.5. The smallest absolute Gasteiger partial charge is 0.0433 e. The maximum Gasteiger partial charge on any atom is 0.0433 e. The Morgan fingerprint density at radius 2 is 1.93 bits per heavy atom. The van der Waals surface area contributed by atoms with Gasteiger partial charge in [-0.1, -0.05) is 32.4 Å². The minimum Gasteiger partial charge on any atom is -0.122 e. The molecule has 0 aromatic heterocycles. The molecular weight excluding hydrogens is 192 g/mol. The van der Waals surface area contributed by atoms with Crippen molar-refractivity contribution in [2.45, 2.75) is 52.9 Å². The summed E-state index contributed by atoms with van der Waals surface area (Å²) in [7, 11) is 0. The molecule has 0 bridgehead atoms. The molecule has 0 heterocycles. The minimum absolute atomic E-state index is 0.581. The zero-order valence-electron chi connectivity index (χ0n) is 9.78. The van der Waals surface area contributed by atoms with Gasteiger partial charge in [-0.2, -0.15) is 0 Å². The number of hydrogen-bond donors (Lipinski definition) is 0. The van der Waals surface area contributed by atoms with E-state index in [0.717, 1.165) is 18.2 Å². The van der Waals surface area contributed by atoms with E-state index in [-0.39, 0.29) is 0 Å². The molecule has 0 spiro atoms. The summed E-state index contributed by atoms with van der Waals surface area (Å²) in [6.07, 6.45) is 8.99. The van der Waals surface area contributed by atoms with Gasteiger partial charge in [0.25, 0.3) is 0 Å². The highest BCUT2D eigenvalue weighted by atomic mass is 35.5. The van der Waals surface area contributed by atoms with Crippen molar-refractivity contribution in [1.29, 1.82) is 0 Å². The van der Waals surface area contributed by atoms with Crippen LogP contribution < -0.4 is 0 Å². The van der Waals surface area contributed by atoms with Crippen molar-refractivity contribution in [3.8, 4) is 0 Å². The highest BCUT2D eigenvalue weighted by molar-refractivity contribution is 6.19. The first-order chi connectivity index (χ1) is 6.57. The van der Waals surface area contributed by atoms with Gasteiger partial charge in [0.05, 0.1) is 0 Å². The summed E-state index contributed by atoms with van der Waals surface area (Å²) in [5.74, 6) is 1.52. The summed E-state index contributed by atoms with van der Waals surface area (Å²) < 4.78 is 0. The Labute approximate surface area is 93.7 Å². The van der Waals surface area contributed by atoms with Crippen LogP contribution in [0.5, 0.6) is 0 Å². The molecule has 0 amide bonds. The lowest BCUT2D eigenvalue weighted by molar-refractivity contribution is 0.213. The molecule has 0 radical (unpaired) electrons. The molecule has 14 heavy (non-hydrogen) atoms. The first kappa shape index (κ1) is 12.1. The second-order valence-electron chi connectivity index (χ2n) is 5.31. The average Bonchev–Trinajstić information content (AvgIpc) is 2.16. The number of rotatable bonds is 3. The molecule has 0 nitrogen and oxygen atoms in total. The van der Waals surface area contributed by atoms with E-state index in [0.29, 0.717) is 5.41 Å². The quantitative estimate of drug-likeness (QED) is 0.469. The third kappa shape index (κ3) is 3.65. The summed E-state index contributed by atoms with van der Waals surface area (Å²) in [6, 6.07) is 0. The van der Waals surface area contributed by atoms with Gasteiger partial charge in [-0.15, -0.1) is 11.6 Å². The van der Waals surface area contributed by atoms with E-state index in [2.05, 4.69) is 26.8 Å². The van der Waals surface area contributed by atoms with Crippen LogP contribution in [0, 0.1) is 11.3 Å². The Bertz CT molecular complexity index is 187. The van der Waals surface area contributed by atoms with Gasteiger partial charge in [0.15, 0.2) is 0 Å². The standard InChI is InChI=1S/C13H23Cl/c1-4-11(10-14)9-12-5-7-13(2,3)8-6-12/h9,12H,4-8,10H2,1-3H3/b11-9+. The first-order valence-corrected chi connectivity index (χ1v) is 6.36. The van der Waals surface area contributed by atoms with Crippen LogP contribution in [0.15, 0.2) is 11.6 Å². The monoisotopic (exact) mass is 214 g/mol. The fraction of sp³-hybridized carbons (Fsp3) is 0.846. The van der Waals surface area contributed by atoms with E-state index >= 15 is 0 Å². The molecule has 0 saturated heterocycles. The molecule has 0 aromatic rings. The SMILES string of the molecule is CC/C(=C\C1CCC(C)(C)CC1)CCl. The Morgan fingerprint density at radius 1 is 1.36 bits per heavy atom. The Hall–Kier alpha value is 0.0300. The Balaban J connectivity index is 2.46. The van der Waals surface area contributed by atoms with Crippen LogP contribution in [-0.4, -0.2) is 5.88 Å². The first-order valence-electron chi connectivity index (χ1n) is 5.83. The third-order valence-electron chi connectivity index (χ3n) is 3.48. The summed E-state index contributed by atoms with van der Waals surface area (Å²) in [5, 5.41) is 0. The van der Waals surface area contributed by atoms with Gasteiger partial charge in [-0.3, -0.25) is 0 Å². The van der Waals surface area contributed by atoms with E-state index in [1.807, 2.05) is 0 Å². The van der Waals surface area contributed by atoms with Gasteiger partial charge in [0.2, 0.25) is 0 Å². The van der Waals surface area contributed by atoms with Crippen LogP contribution in [0.25, 0.3) is 0 Å². The largest absolute Gasteiger partial charge is 0.122 e. The molecule has 82 valence electrons. The van der Waals surface area contributed by atoms with Crippen LogP contribution in [-0.2, 0) is 0 Å². The predicted octanol–water partition coefficient (Wildman–Crippen LogP) is 4.78. The van der Waals surface area contributed by atoms with Gasteiger partial charge in [-0.05, 0) is 43.4 Å². The number of alkyl halides is 1.